The van der Waals surface area contributed by atoms with E-state index in [2.05, 4.69) is 31.9 Å². The molecule has 10 heteroatoms. The largest absolute Gasteiger partial charge is 0.487 e. The maximum atomic E-state index is 12.6. The van der Waals surface area contributed by atoms with E-state index in [1.54, 1.807) is 30.3 Å². The van der Waals surface area contributed by atoms with Crippen LogP contribution in [0.1, 0.15) is 31.4 Å². The van der Waals surface area contributed by atoms with E-state index in [4.69, 9.17) is 4.74 Å². The summed E-state index contributed by atoms with van der Waals surface area (Å²) in [5.74, 6) is 0.235. The van der Waals surface area contributed by atoms with Crippen LogP contribution in [0.25, 0.3) is 6.08 Å². The second kappa shape index (κ2) is 9.97. The van der Waals surface area contributed by atoms with Gasteiger partial charge in [0.05, 0.1) is 18.8 Å². The van der Waals surface area contributed by atoms with Crippen LogP contribution in [0, 0.1) is 10.1 Å². The van der Waals surface area contributed by atoms with E-state index in [0.29, 0.717) is 31.6 Å². The summed E-state index contributed by atoms with van der Waals surface area (Å²) in [6, 6.07) is 9.65. The first-order chi connectivity index (χ1) is 14.7. The normalized spacial score (nSPS) is 16.1. The molecule has 3 rings (SSSR count). The zero-order valence-corrected chi connectivity index (χ0v) is 20.6. The summed E-state index contributed by atoms with van der Waals surface area (Å²) in [6.45, 7) is 3.92. The Labute approximate surface area is 200 Å². The number of nitro benzene ring substituents is 1. The number of halogens is 2. The third-order valence-electron chi connectivity index (χ3n) is 4.68. The van der Waals surface area contributed by atoms with Crippen molar-refractivity contribution in [3.8, 4) is 5.75 Å². The number of ether oxygens (including phenoxy) is 1. The molecule has 2 aromatic rings. The molecule has 31 heavy (non-hydrogen) atoms. The average molecular weight is 570 g/mol. The second-order valence-corrected chi connectivity index (χ2v) is 9.54. The Balaban J connectivity index is 1.79. The summed E-state index contributed by atoms with van der Waals surface area (Å²) < 4.78 is 7.12. The van der Waals surface area contributed by atoms with Gasteiger partial charge in [0.1, 0.15) is 12.4 Å². The summed E-state index contributed by atoms with van der Waals surface area (Å²) in [5, 5.41) is 10.7. The van der Waals surface area contributed by atoms with Gasteiger partial charge in [0.25, 0.3) is 16.8 Å². The van der Waals surface area contributed by atoms with Gasteiger partial charge in [0, 0.05) is 18.2 Å². The number of nitrogens with zero attached hydrogens (tertiary/aromatic N) is 2. The summed E-state index contributed by atoms with van der Waals surface area (Å²) in [7, 11) is 0. The molecule has 1 heterocycles. The van der Waals surface area contributed by atoms with E-state index >= 15 is 0 Å². The first kappa shape index (κ1) is 23.5. The standard InChI is InChI=1S/C21H18Br2N2O5S/c1-3-12(2)24-20(26)18(31-21(24)27)10-14-8-16(22)19(17(23)9-14)30-11-13-5-4-6-15(7-13)25(28)29/h4-10,12H,3,11H2,1-2H3/b18-10+/t12-/m0/s1. The van der Waals surface area contributed by atoms with Crippen molar-refractivity contribution in [1.29, 1.82) is 0 Å². The molecule has 1 aliphatic heterocycles. The molecule has 2 aromatic carbocycles. The summed E-state index contributed by atoms with van der Waals surface area (Å²) >= 11 is 7.87. The monoisotopic (exact) mass is 568 g/mol. The van der Waals surface area contributed by atoms with Crippen molar-refractivity contribution in [2.45, 2.75) is 32.9 Å². The van der Waals surface area contributed by atoms with Crippen LogP contribution in [0.4, 0.5) is 10.5 Å². The predicted molar refractivity (Wildman–Crippen MR) is 127 cm³/mol. The Kier molecular flexibility index (Phi) is 7.55. The van der Waals surface area contributed by atoms with E-state index < -0.39 is 4.92 Å². The fraction of sp³-hybridized carbons (Fsp3) is 0.238. The number of benzene rings is 2. The number of thioether (sulfide) groups is 1. The summed E-state index contributed by atoms with van der Waals surface area (Å²) in [5.41, 5.74) is 1.38. The number of imide groups is 1. The molecule has 0 aromatic heterocycles. The molecule has 0 aliphatic carbocycles. The predicted octanol–water partition coefficient (Wildman–Crippen LogP) is 6.53. The minimum atomic E-state index is -0.451. The molecule has 2 amide bonds. The third kappa shape index (κ3) is 5.36. The van der Waals surface area contributed by atoms with E-state index in [1.807, 2.05) is 13.8 Å². The SMILES string of the molecule is CC[C@H](C)N1C(=O)S/C(=C/c2cc(Br)c(OCc3cccc([N+](=O)[O-])c3)c(Br)c2)C1=O. The molecule has 1 atom stereocenters. The van der Waals surface area contributed by atoms with Crippen molar-refractivity contribution in [2.24, 2.45) is 0 Å². The van der Waals surface area contributed by atoms with Crippen LogP contribution in [0.5, 0.6) is 5.75 Å². The van der Waals surface area contributed by atoms with Gasteiger partial charge >= 0.3 is 0 Å². The highest BCUT2D eigenvalue weighted by molar-refractivity contribution is 9.11. The van der Waals surface area contributed by atoms with Gasteiger partial charge in [-0.25, -0.2) is 0 Å². The van der Waals surface area contributed by atoms with Crippen LogP contribution >= 0.6 is 43.6 Å². The molecule has 0 spiro atoms. The van der Waals surface area contributed by atoms with Gasteiger partial charge in [0.2, 0.25) is 0 Å². The lowest BCUT2D eigenvalue weighted by molar-refractivity contribution is -0.384. The van der Waals surface area contributed by atoms with Gasteiger partial charge in [-0.15, -0.1) is 0 Å². The van der Waals surface area contributed by atoms with E-state index in [0.717, 1.165) is 17.3 Å². The van der Waals surface area contributed by atoms with Crippen molar-refractivity contribution in [1.82, 2.24) is 4.90 Å². The first-order valence-corrected chi connectivity index (χ1v) is 11.7. The molecule has 1 saturated heterocycles. The average Bonchev–Trinajstić information content (AvgIpc) is 3.00. The van der Waals surface area contributed by atoms with Crippen molar-refractivity contribution in [3.63, 3.8) is 0 Å². The molecule has 0 bridgehead atoms. The highest BCUT2D eigenvalue weighted by Crippen LogP contribution is 2.38. The van der Waals surface area contributed by atoms with E-state index in [9.17, 15) is 19.7 Å². The number of non-ortho nitro benzene ring substituents is 1. The summed E-state index contributed by atoms with van der Waals surface area (Å²) in [6.07, 6.45) is 2.37. The van der Waals surface area contributed by atoms with Crippen molar-refractivity contribution >= 4 is 66.5 Å². The smallest absolute Gasteiger partial charge is 0.293 e. The van der Waals surface area contributed by atoms with Gasteiger partial charge in [-0.2, -0.15) is 0 Å². The lowest BCUT2D eigenvalue weighted by Crippen LogP contribution is -2.36. The lowest BCUT2D eigenvalue weighted by atomic mass is 10.2. The highest BCUT2D eigenvalue weighted by Gasteiger charge is 2.37. The number of amides is 2. The topological polar surface area (TPSA) is 89.8 Å². The fourth-order valence-electron chi connectivity index (χ4n) is 2.91. The lowest BCUT2D eigenvalue weighted by Gasteiger charge is -2.19. The molecule has 1 fully saturated rings. The van der Waals surface area contributed by atoms with Crippen LogP contribution in [0.3, 0.4) is 0 Å². The quantitative estimate of drug-likeness (QED) is 0.214. The molecular formula is C21H18Br2N2O5S. The summed E-state index contributed by atoms with van der Waals surface area (Å²) in [4.78, 5) is 37.0. The zero-order valence-electron chi connectivity index (χ0n) is 16.6. The number of carbonyl (C=O) groups is 2. The molecular weight excluding hydrogens is 552 g/mol. The Bertz CT molecular complexity index is 1070. The van der Waals surface area contributed by atoms with Gasteiger partial charge in [-0.3, -0.25) is 24.6 Å². The van der Waals surface area contributed by atoms with Crippen molar-refractivity contribution in [3.05, 3.63) is 71.5 Å². The maximum Gasteiger partial charge on any atom is 0.293 e. The number of hydrogen-bond acceptors (Lipinski definition) is 6. The molecule has 0 unspecified atom stereocenters. The van der Waals surface area contributed by atoms with Crippen LogP contribution in [-0.2, 0) is 11.4 Å². The van der Waals surface area contributed by atoms with Crippen molar-refractivity contribution < 1.29 is 19.2 Å². The van der Waals surface area contributed by atoms with E-state index in [-0.39, 0.29) is 29.5 Å². The minimum Gasteiger partial charge on any atom is -0.487 e. The maximum absolute atomic E-state index is 12.6. The van der Waals surface area contributed by atoms with Gasteiger partial charge < -0.3 is 4.74 Å². The van der Waals surface area contributed by atoms with Crippen LogP contribution in [0.2, 0.25) is 0 Å². The molecule has 0 N–H and O–H groups in total. The Morgan fingerprint density at radius 3 is 2.52 bits per heavy atom. The minimum absolute atomic E-state index is 0.000849. The molecule has 0 saturated carbocycles. The first-order valence-electron chi connectivity index (χ1n) is 9.33. The van der Waals surface area contributed by atoms with E-state index in [1.165, 1.54) is 17.0 Å². The molecule has 7 nitrogen and oxygen atoms in total. The number of nitro groups is 1. The molecule has 162 valence electrons. The Morgan fingerprint density at radius 1 is 1.23 bits per heavy atom. The number of hydrogen-bond donors (Lipinski definition) is 0. The zero-order chi connectivity index (χ0) is 22.7. The van der Waals surface area contributed by atoms with Crippen LogP contribution in [0.15, 0.2) is 50.2 Å². The second-order valence-electron chi connectivity index (χ2n) is 6.84. The highest BCUT2D eigenvalue weighted by atomic mass is 79.9. The number of rotatable bonds is 7. The Hall–Kier alpha value is -2.17. The van der Waals surface area contributed by atoms with Gasteiger partial charge in [0.15, 0.2) is 0 Å². The van der Waals surface area contributed by atoms with Gasteiger partial charge in [-0.05, 0) is 86.3 Å². The third-order valence-corrected chi connectivity index (χ3v) is 6.74. The molecule has 0 radical (unpaired) electrons. The fourth-order valence-corrected chi connectivity index (χ4v) is 5.29. The number of carbonyl (C=O) groups excluding carboxylic acids is 2. The van der Waals surface area contributed by atoms with Crippen LogP contribution in [-0.4, -0.2) is 27.0 Å². The molecule has 1 aliphatic rings. The Morgan fingerprint density at radius 2 is 1.90 bits per heavy atom. The van der Waals surface area contributed by atoms with Gasteiger partial charge in [-0.1, -0.05) is 19.1 Å². The van der Waals surface area contributed by atoms with Crippen molar-refractivity contribution in [2.75, 3.05) is 0 Å². The van der Waals surface area contributed by atoms with Crippen LogP contribution < -0.4 is 4.74 Å².